The van der Waals surface area contributed by atoms with Gasteiger partial charge in [0.15, 0.2) is 0 Å². The Bertz CT molecular complexity index is 981. The number of amides is 1. The van der Waals surface area contributed by atoms with Crippen LogP contribution in [0.1, 0.15) is 16.5 Å². The molecule has 2 aliphatic heterocycles. The number of thioether (sulfide) groups is 1. The summed E-state index contributed by atoms with van der Waals surface area (Å²) < 4.78 is 2.26. The summed E-state index contributed by atoms with van der Waals surface area (Å²) in [6.07, 6.45) is 3.67. The fraction of sp³-hybridized carbons (Fsp3) is 0.304. The number of benzene rings is 1. The molecule has 6 heteroatoms. The van der Waals surface area contributed by atoms with Crippen LogP contribution in [0, 0.1) is 0 Å². The Morgan fingerprint density at radius 2 is 1.83 bits per heavy atom. The van der Waals surface area contributed by atoms with Crippen molar-refractivity contribution in [1.82, 2.24) is 19.4 Å². The van der Waals surface area contributed by atoms with Crippen LogP contribution in [0.2, 0.25) is 0 Å². The third-order valence-electron chi connectivity index (χ3n) is 5.77. The van der Waals surface area contributed by atoms with E-state index < -0.39 is 0 Å². The lowest BCUT2D eigenvalue weighted by molar-refractivity contribution is -0.132. The van der Waals surface area contributed by atoms with Crippen molar-refractivity contribution >= 4 is 17.7 Å². The van der Waals surface area contributed by atoms with Crippen LogP contribution in [-0.2, 0) is 17.2 Å². The van der Waals surface area contributed by atoms with Crippen LogP contribution in [-0.4, -0.2) is 51.4 Å². The van der Waals surface area contributed by atoms with Crippen molar-refractivity contribution < 1.29 is 4.79 Å². The Hall–Kier alpha value is -2.57. The highest BCUT2D eigenvalue weighted by Gasteiger charge is 2.35. The summed E-state index contributed by atoms with van der Waals surface area (Å²) in [6, 6.07) is 18.8. The molecule has 0 N–H and O–H groups in total. The minimum absolute atomic E-state index is 0.0962. The maximum atomic E-state index is 13.2. The van der Waals surface area contributed by atoms with Gasteiger partial charge in [-0.1, -0.05) is 30.3 Å². The molecule has 5 rings (SSSR count). The van der Waals surface area contributed by atoms with Gasteiger partial charge in [0, 0.05) is 56.4 Å². The molecule has 29 heavy (non-hydrogen) atoms. The molecule has 2 aromatic heterocycles. The molecular formula is C23H24N4OS. The zero-order valence-electron chi connectivity index (χ0n) is 16.3. The highest BCUT2D eigenvalue weighted by Crippen LogP contribution is 2.42. The number of hydrogen-bond donors (Lipinski definition) is 0. The second kappa shape index (κ2) is 8.05. The standard InChI is InChI=1S/C23H24N4OS/c28-23(26-13-11-25(12-14-26)16-18-5-2-1-3-6-18)22-21-9-8-20(27(21)17-29-22)19-7-4-10-24-15-19/h1-10,15,22H,11-14,16-17H2. The molecule has 0 saturated carbocycles. The van der Waals surface area contributed by atoms with E-state index >= 15 is 0 Å². The van der Waals surface area contributed by atoms with E-state index in [1.807, 2.05) is 17.2 Å². The number of carbonyl (C=O) groups is 1. The largest absolute Gasteiger partial charge is 0.339 e. The lowest BCUT2D eigenvalue weighted by Crippen LogP contribution is -2.49. The number of aromatic nitrogens is 2. The summed E-state index contributed by atoms with van der Waals surface area (Å²) in [6.45, 7) is 4.43. The lowest BCUT2D eigenvalue weighted by atomic mass is 10.2. The van der Waals surface area contributed by atoms with Crippen LogP contribution >= 0.6 is 11.8 Å². The maximum absolute atomic E-state index is 13.2. The number of piperazine rings is 1. The Labute approximate surface area is 175 Å². The molecule has 1 unspecified atom stereocenters. The van der Waals surface area contributed by atoms with Crippen molar-refractivity contribution in [3.05, 3.63) is 78.2 Å². The molecule has 2 aliphatic rings. The third kappa shape index (κ3) is 3.70. The van der Waals surface area contributed by atoms with E-state index in [4.69, 9.17) is 0 Å². The van der Waals surface area contributed by atoms with E-state index in [0.29, 0.717) is 0 Å². The molecule has 148 valence electrons. The van der Waals surface area contributed by atoms with Gasteiger partial charge in [0.05, 0.1) is 11.6 Å². The SMILES string of the molecule is O=C(C1SCn2c(-c3cccnc3)ccc21)N1CCN(Cc2ccccc2)CC1. The summed E-state index contributed by atoms with van der Waals surface area (Å²) in [5.74, 6) is 1.07. The number of fused-ring (bicyclic) bond motifs is 1. The number of carbonyl (C=O) groups excluding carboxylic acids is 1. The number of pyridine rings is 1. The van der Waals surface area contributed by atoms with Gasteiger partial charge >= 0.3 is 0 Å². The summed E-state index contributed by atoms with van der Waals surface area (Å²) in [5, 5.41) is -0.0962. The molecule has 5 nitrogen and oxygen atoms in total. The van der Waals surface area contributed by atoms with Crippen LogP contribution < -0.4 is 0 Å². The second-order valence-electron chi connectivity index (χ2n) is 7.58. The van der Waals surface area contributed by atoms with Crippen LogP contribution in [0.3, 0.4) is 0 Å². The van der Waals surface area contributed by atoms with Gasteiger partial charge in [-0.25, -0.2) is 0 Å². The van der Waals surface area contributed by atoms with Gasteiger partial charge in [0.1, 0.15) is 5.25 Å². The van der Waals surface area contributed by atoms with Crippen molar-refractivity contribution in [3.63, 3.8) is 0 Å². The van der Waals surface area contributed by atoms with Gasteiger partial charge in [-0.15, -0.1) is 11.8 Å². The monoisotopic (exact) mass is 404 g/mol. The van der Waals surface area contributed by atoms with Crippen LogP contribution in [0.5, 0.6) is 0 Å². The molecule has 4 heterocycles. The first-order chi connectivity index (χ1) is 14.3. The van der Waals surface area contributed by atoms with Crippen molar-refractivity contribution in [2.45, 2.75) is 17.7 Å². The highest BCUT2D eigenvalue weighted by molar-refractivity contribution is 7.99. The van der Waals surface area contributed by atoms with E-state index in [-0.39, 0.29) is 11.2 Å². The van der Waals surface area contributed by atoms with Crippen LogP contribution in [0.4, 0.5) is 0 Å². The van der Waals surface area contributed by atoms with Crippen molar-refractivity contribution in [2.75, 3.05) is 26.2 Å². The average Bonchev–Trinajstić information content (AvgIpc) is 3.37. The molecule has 0 radical (unpaired) electrons. The van der Waals surface area contributed by atoms with Crippen LogP contribution in [0.25, 0.3) is 11.3 Å². The van der Waals surface area contributed by atoms with Gasteiger partial charge in [-0.2, -0.15) is 0 Å². The average molecular weight is 405 g/mol. The minimum atomic E-state index is -0.0962. The fourth-order valence-corrected chi connectivity index (χ4v) is 5.44. The molecule has 1 amide bonds. The summed E-state index contributed by atoms with van der Waals surface area (Å²) in [5.41, 5.74) is 4.69. The normalized spacial score (nSPS) is 19.3. The molecular weight excluding hydrogens is 380 g/mol. The molecule has 3 aromatic rings. The lowest BCUT2D eigenvalue weighted by Gasteiger charge is -2.35. The molecule has 0 aliphatic carbocycles. The third-order valence-corrected chi connectivity index (χ3v) is 6.95. The minimum Gasteiger partial charge on any atom is -0.339 e. The highest BCUT2D eigenvalue weighted by atomic mass is 32.2. The van der Waals surface area contributed by atoms with Gasteiger partial charge in [-0.05, 0) is 29.8 Å². The maximum Gasteiger partial charge on any atom is 0.241 e. The van der Waals surface area contributed by atoms with E-state index in [1.165, 1.54) is 5.56 Å². The first kappa shape index (κ1) is 18.5. The smallest absolute Gasteiger partial charge is 0.241 e. The quantitative estimate of drug-likeness (QED) is 0.666. The number of rotatable bonds is 4. The predicted octanol–water partition coefficient (Wildman–Crippen LogP) is 3.64. The van der Waals surface area contributed by atoms with Crippen LogP contribution in [0.15, 0.2) is 67.0 Å². The second-order valence-corrected chi connectivity index (χ2v) is 8.64. The van der Waals surface area contributed by atoms with Crippen molar-refractivity contribution in [3.8, 4) is 11.3 Å². The van der Waals surface area contributed by atoms with Gasteiger partial charge in [0.25, 0.3) is 0 Å². The first-order valence-electron chi connectivity index (χ1n) is 10.1. The van der Waals surface area contributed by atoms with E-state index in [1.54, 1.807) is 18.0 Å². The Balaban J connectivity index is 1.24. The topological polar surface area (TPSA) is 41.4 Å². The Morgan fingerprint density at radius 3 is 2.59 bits per heavy atom. The van der Waals surface area contributed by atoms with Crippen molar-refractivity contribution in [2.24, 2.45) is 0 Å². The summed E-state index contributed by atoms with van der Waals surface area (Å²) >= 11 is 1.73. The first-order valence-corrected chi connectivity index (χ1v) is 11.1. The van der Waals surface area contributed by atoms with Crippen molar-refractivity contribution in [1.29, 1.82) is 0 Å². The predicted molar refractivity (Wildman–Crippen MR) is 116 cm³/mol. The van der Waals surface area contributed by atoms with E-state index in [0.717, 1.165) is 55.6 Å². The summed E-state index contributed by atoms with van der Waals surface area (Å²) in [7, 11) is 0. The van der Waals surface area contributed by atoms with Gasteiger partial charge in [-0.3, -0.25) is 14.7 Å². The fourth-order valence-electron chi connectivity index (χ4n) is 4.19. The number of nitrogens with zero attached hydrogens (tertiary/aromatic N) is 4. The Morgan fingerprint density at radius 1 is 1.00 bits per heavy atom. The zero-order chi connectivity index (χ0) is 19.6. The molecule has 1 saturated heterocycles. The summed E-state index contributed by atoms with van der Waals surface area (Å²) in [4.78, 5) is 21.9. The Kier molecular flexibility index (Phi) is 5.12. The van der Waals surface area contributed by atoms with E-state index in [9.17, 15) is 4.79 Å². The number of hydrogen-bond acceptors (Lipinski definition) is 4. The molecule has 1 aromatic carbocycles. The van der Waals surface area contributed by atoms with Gasteiger partial charge < -0.3 is 9.47 Å². The molecule has 0 bridgehead atoms. The van der Waals surface area contributed by atoms with Gasteiger partial charge in [0.2, 0.25) is 5.91 Å². The molecule has 1 fully saturated rings. The molecule has 1 atom stereocenters. The van der Waals surface area contributed by atoms with E-state index in [2.05, 4.69) is 63.0 Å². The zero-order valence-corrected chi connectivity index (χ0v) is 17.1. The molecule has 0 spiro atoms.